The van der Waals surface area contributed by atoms with Crippen LogP contribution in [-0.4, -0.2) is 15.5 Å². The van der Waals surface area contributed by atoms with Crippen LogP contribution in [0.25, 0.3) is 0 Å². The third-order valence-corrected chi connectivity index (χ3v) is 4.17. The van der Waals surface area contributed by atoms with Crippen molar-refractivity contribution in [2.24, 2.45) is 0 Å². The van der Waals surface area contributed by atoms with Crippen LogP contribution in [-0.2, 0) is 19.3 Å². The number of rotatable bonds is 5. The molecule has 1 amide bonds. The Morgan fingerprint density at radius 3 is 2.47 bits per heavy atom. The van der Waals surface area contributed by atoms with E-state index in [1.807, 2.05) is 0 Å². The van der Waals surface area contributed by atoms with Gasteiger partial charge < -0.3 is 9.88 Å². The van der Waals surface area contributed by atoms with Gasteiger partial charge in [-0.2, -0.15) is 13.2 Å². The molecule has 156 valence electrons. The first-order valence-corrected chi connectivity index (χ1v) is 8.58. The van der Waals surface area contributed by atoms with E-state index in [1.54, 1.807) is 0 Å². The van der Waals surface area contributed by atoms with Crippen molar-refractivity contribution in [3.63, 3.8) is 0 Å². The molecule has 0 aliphatic carbocycles. The van der Waals surface area contributed by atoms with Gasteiger partial charge in [0.15, 0.2) is 0 Å². The molecule has 1 aromatic carbocycles. The molecule has 2 heterocycles. The summed E-state index contributed by atoms with van der Waals surface area (Å²) in [7, 11) is 0. The molecule has 0 radical (unpaired) electrons. The quantitative estimate of drug-likeness (QED) is 0.639. The normalized spacial score (nSPS) is 11.4. The summed E-state index contributed by atoms with van der Waals surface area (Å²) in [4.78, 5) is 27.7. The lowest BCUT2D eigenvalue weighted by Crippen LogP contribution is -2.27. The van der Waals surface area contributed by atoms with Gasteiger partial charge >= 0.3 is 6.18 Å². The van der Waals surface area contributed by atoms with Gasteiger partial charge in [-0.3, -0.25) is 14.6 Å². The smallest absolute Gasteiger partial charge is 0.348 e. The second-order valence-electron chi connectivity index (χ2n) is 6.35. The van der Waals surface area contributed by atoms with Crippen LogP contribution in [0.2, 0.25) is 0 Å². The molecule has 1 N–H and O–H groups in total. The van der Waals surface area contributed by atoms with E-state index >= 15 is 0 Å². The van der Waals surface area contributed by atoms with Crippen LogP contribution < -0.4 is 10.9 Å². The summed E-state index contributed by atoms with van der Waals surface area (Å²) in [6.45, 7) is -0.301. The molecule has 0 unspecified atom stereocenters. The number of benzene rings is 1. The minimum atomic E-state index is -4.57. The summed E-state index contributed by atoms with van der Waals surface area (Å²) in [6.07, 6.45) is -2.34. The number of carbonyl (C=O) groups excluding carboxylic acids is 1. The molecule has 5 nitrogen and oxygen atoms in total. The number of pyridine rings is 2. The Hall–Kier alpha value is -3.56. The van der Waals surface area contributed by atoms with Crippen LogP contribution in [0.15, 0.2) is 59.7 Å². The Morgan fingerprint density at radius 1 is 1.07 bits per heavy atom. The van der Waals surface area contributed by atoms with Gasteiger partial charge in [-0.1, -0.05) is 12.1 Å². The zero-order chi connectivity index (χ0) is 21.9. The maximum Gasteiger partial charge on any atom is 0.433 e. The summed E-state index contributed by atoms with van der Waals surface area (Å²) in [5, 5.41) is 2.46. The van der Waals surface area contributed by atoms with Gasteiger partial charge in [0.2, 0.25) is 0 Å². The van der Waals surface area contributed by atoms with Crippen molar-refractivity contribution in [3.05, 3.63) is 99.2 Å². The van der Waals surface area contributed by atoms with Gasteiger partial charge in [0.25, 0.3) is 11.5 Å². The van der Waals surface area contributed by atoms with E-state index in [1.165, 1.54) is 24.4 Å². The number of hydrogen-bond donors (Lipinski definition) is 1. The second kappa shape index (κ2) is 8.44. The van der Waals surface area contributed by atoms with Crippen LogP contribution in [0.1, 0.15) is 27.2 Å². The zero-order valence-corrected chi connectivity index (χ0v) is 15.2. The van der Waals surface area contributed by atoms with Crippen molar-refractivity contribution in [2.45, 2.75) is 19.3 Å². The Kier molecular flexibility index (Phi) is 5.95. The van der Waals surface area contributed by atoms with Gasteiger partial charge in [0.05, 0.1) is 12.1 Å². The van der Waals surface area contributed by atoms with Crippen molar-refractivity contribution in [3.8, 4) is 0 Å². The number of amides is 1. The first-order valence-electron chi connectivity index (χ1n) is 8.58. The molecule has 10 heteroatoms. The molecule has 0 bridgehead atoms. The maximum atomic E-state index is 13.7. The molecule has 3 aromatic rings. The molecule has 0 aliphatic heterocycles. The number of aromatic nitrogens is 2. The minimum Gasteiger partial charge on any atom is -0.348 e. The standard InChI is InChI=1S/C20H14F5N3O2/c21-15-4-2-13(16(22)7-15)9-27-19(30)14-3-6-18(29)28(11-14)10-12-1-5-17(26-8-12)20(23,24)25/h1-8,11H,9-10H2,(H,27,30). The highest BCUT2D eigenvalue weighted by Gasteiger charge is 2.32. The summed E-state index contributed by atoms with van der Waals surface area (Å²) >= 11 is 0. The lowest BCUT2D eigenvalue weighted by molar-refractivity contribution is -0.141. The number of halogens is 5. The van der Waals surface area contributed by atoms with E-state index in [0.29, 0.717) is 11.6 Å². The number of carbonyl (C=O) groups is 1. The van der Waals surface area contributed by atoms with Gasteiger partial charge in [0.1, 0.15) is 17.3 Å². The summed E-state index contributed by atoms with van der Waals surface area (Å²) < 4.78 is 65.5. The van der Waals surface area contributed by atoms with Crippen molar-refractivity contribution >= 4 is 5.91 Å². The number of alkyl halides is 3. The molecule has 0 saturated carbocycles. The van der Waals surface area contributed by atoms with E-state index in [4.69, 9.17) is 0 Å². The molecule has 3 rings (SSSR count). The summed E-state index contributed by atoms with van der Waals surface area (Å²) in [5.74, 6) is -2.17. The van der Waals surface area contributed by atoms with Crippen molar-refractivity contribution in [1.29, 1.82) is 0 Å². The van der Waals surface area contributed by atoms with E-state index in [-0.39, 0.29) is 24.2 Å². The van der Waals surface area contributed by atoms with Gasteiger partial charge in [-0.25, -0.2) is 8.78 Å². The molecule has 0 spiro atoms. The van der Waals surface area contributed by atoms with Crippen molar-refractivity contribution in [1.82, 2.24) is 14.9 Å². The molecule has 0 saturated heterocycles. The van der Waals surface area contributed by atoms with Crippen LogP contribution >= 0.6 is 0 Å². The summed E-state index contributed by atoms with van der Waals surface area (Å²) in [5.41, 5.74) is -1.04. The fourth-order valence-corrected chi connectivity index (χ4v) is 2.61. The molecular formula is C20H14F5N3O2. The van der Waals surface area contributed by atoms with Crippen LogP contribution in [0.5, 0.6) is 0 Å². The first-order chi connectivity index (χ1) is 14.1. The molecule has 2 aromatic heterocycles. The zero-order valence-electron chi connectivity index (χ0n) is 15.2. The van der Waals surface area contributed by atoms with Crippen LogP contribution in [0.4, 0.5) is 22.0 Å². The summed E-state index contributed by atoms with van der Waals surface area (Å²) in [6, 6.07) is 7.33. The second-order valence-corrected chi connectivity index (χ2v) is 6.35. The van der Waals surface area contributed by atoms with Gasteiger partial charge in [0, 0.05) is 36.6 Å². The lowest BCUT2D eigenvalue weighted by Gasteiger charge is -2.10. The molecule has 0 atom stereocenters. The average Bonchev–Trinajstić information content (AvgIpc) is 2.68. The lowest BCUT2D eigenvalue weighted by atomic mass is 10.2. The average molecular weight is 423 g/mol. The maximum absolute atomic E-state index is 13.7. The fraction of sp³-hybridized carbons (Fsp3) is 0.150. The topological polar surface area (TPSA) is 64.0 Å². The Labute approximate surface area is 166 Å². The number of nitrogens with zero attached hydrogens (tertiary/aromatic N) is 2. The fourth-order valence-electron chi connectivity index (χ4n) is 2.61. The van der Waals surface area contributed by atoms with E-state index in [2.05, 4.69) is 10.3 Å². The van der Waals surface area contributed by atoms with Gasteiger partial charge in [-0.05, 0) is 23.8 Å². The van der Waals surface area contributed by atoms with E-state index in [0.717, 1.165) is 29.0 Å². The van der Waals surface area contributed by atoms with Crippen molar-refractivity contribution in [2.75, 3.05) is 0 Å². The third-order valence-electron chi connectivity index (χ3n) is 4.17. The molecule has 0 aliphatic rings. The highest BCUT2D eigenvalue weighted by molar-refractivity contribution is 5.93. The molecular weight excluding hydrogens is 409 g/mol. The van der Waals surface area contributed by atoms with E-state index < -0.39 is 35.0 Å². The largest absolute Gasteiger partial charge is 0.433 e. The Balaban J connectivity index is 1.72. The predicted octanol–water partition coefficient (Wildman–Crippen LogP) is 3.52. The van der Waals surface area contributed by atoms with Crippen LogP contribution in [0, 0.1) is 11.6 Å². The Morgan fingerprint density at radius 2 is 1.83 bits per heavy atom. The van der Waals surface area contributed by atoms with E-state index in [9.17, 15) is 31.5 Å². The molecule has 30 heavy (non-hydrogen) atoms. The van der Waals surface area contributed by atoms with Crippen LogP contribution in [0.3, 0.4) is 0 Å². The SMILES string of the molecule is O=C(NCc1ccc(F)cc1F)c1ccc(=O)n(Cc2ccc(C(F)(F)F)nc2)c1. The van der Waals surface area contributed by atoms with Crippen molar-refractivity contribution < 1.29 is 26.7 Å². The Bertz CT molecular complexity index is 1120. The highest BCUT2D eigenvalue weighted by atomic mass is 19.4. The highest BCUT2D eigenvalue weighted by Crippen LogP contribution is 2.27. The monoisotopic (exact) mass is 423 g/mol. The van der Waals surface area contributed by atoms with Gasteiger partial charge in [-0.15, -0.1) is 0 Å². The first kappa shape index (κ1) is 21.2. The number of nitrogens with one attached hydrogen (secondary N) is 1. The third kappa shape index (κ3) is 5.07. The minimum absolute atomic E-state index is 0.0777. The predicted molar refractivity (Wildman–Crippen MR) is 96.6 cm³/mol. The molecule has 0 fully saturated rings. The number of hydrogen-bond acceptors (Lipinski definition) is 3.